The third-order valence-electron chi connectivity index (χ3n) is 5.13. The topological polar surface area (TPSA) is 77.2 Å². The van der Waals surface area contributed by atoms with E-state index in [-0.39, 0.29) is 5.91 Å². The molecule has 1 N–H and O–H groups in total. The quantitative estimate of drug-likeness (QED) is 0.735. The zero-order valence-electron chi connectivity index (χ0n) is 15.8. The Morgan fingerprint density at radius 2 is 2.15 bits per heavy atom. The summed E-state index contributed by atoms with van der Waals surface area (Å²) in [6, 6.07) is 3.99. The van der Waals surface area contributed by atoms with Crippen LogP contribution in [0.25, 0.3) is 0 Å². The van der Waals surface area contributed by atoms with Gasteiger partial charge in [-0.3, -0.25) is 19.1 Å². The van der Waals surface area contributed by atoms with E-state index in [0.717, 1.165) is 38.2 Å². The Hall–Kier alpha value is -2.19. The monoisotopic (exact) mass is 360 g/mol. The van der Waals surface area contributed by atoms with E-state index in [9.17, 15) is 4.79 Å². The van der Waals surface area contributed by atoms with Gasteiger partial charge in [-0.2, -0.15) is 10.2 Å². The first-order valence-electron chi connectivity index (χ1n) is 9.04. The van der Waals surface area contributed by atoms with E-state index in [1.807, 2.05) is 35.6 Å². The number of nitrogens with zero attached hydrogens (tertiary/aromatic N) is 5. The van der Waals surface area contributed by atoms with Crippen molar-refractivity contribution < 1.29 is 9.53 Å². The van der Waals surface area contributed by atoms with Crippen LogP contribution in [0, 0.1) is 6.92 Å². The lowest BCUT2D eigenvalue weighted by atomic mass is 9.86. The van der Waals surface area contributed by atoms with Gasteiger partial charge in [0.2, 0.25) is 5.91 Å². The van der Waals surface area contributed by atoms with Crippen molar-refractivity contribution in [3.63, 3.8) is 0 Å². The number of methoxy groups -OCH3 is 1. The van der Waals surface area contributed by atoms with E-state index < -0.39 is 5.54 Å². The van der Waals surface area contributed by atoms with Crippen LogP contribution in [0.5, 0.6) is 0 Å². The summed E-state index contributed by atoms with van der Waals surface area (Å²) in [4.78, 5) is 15.3. The molecule has 1 aliphatic heterocycles. The number of piperidine rings is 1. The van der Waals surface area contributed by atoms with Crippen LogP contribution in [-0.4, -0.2) is 63.7 Å². The Kier molecular flexibility index (Phi) is 5.73. The van der Waals surface area contributed by atoms with E-state index in [4.69, 9.17) is 4.74 Å². The molecule has 1 amide bonds. The molecule has 1 aliphatic rings. The number of carbonyl (C=O) groups excluding carboxylic acids is 1. The zero-order valence-corrected chi connectivity index (χ0v) is 15.8. The van der Waals surface area contributed by atoms with Gasteiger partial charge in [0.25, 0.3) is 0 Å². The Labute approximate surface area is 154 Å². The molecule has 0 aromatic carbocycles. The zero-order chi connectivity index (χ0) is 18.6. The van der Waals surface area contributed by atoms with Gasteiger partial charge in [-0.1, -0.05) is 0 Å². The molecule has 3 rings (SSSR count). The van der Waals surface area contributed by atoms with Gasteiger partial charge < -0.3 is 10.1 Å². The molecule has 0 radical (unpaired) electrons. The molecule has 0 bridgehead atoms. The number of aryl methyl sites for hydroxylation is 2. The Balaban J connectivity index is 1.69. The highest BCUT2D eigenvalue weighted by atomic mass is 16.5. The number of ether oxygens (including phenoxy) is 1. The SMILES string of the molecule is COCCNC(=O)C1(n2cccn2)CCN(Cc2cc(C)nn2C)CC1. The fourth-order valence-corrected chi connectivity index (χ4v) is 3.64. The number of amides is 1. The first-order chi connectivity index (χ1) is 12.5. The van der Waals surface area contributed by atoms with Crippen molar-refractivity contribution in [3.05, 3.63) is 35.9 Å². The molecule has 2 aromatic heterocycles. The molecular formula is C18H28N6O2. The van der Waals surface area contributed by atoms with E-state index >= 15 is 0 Å². The molecule has 8 heteroatoms. The average Bonchev–Trinajstić information content (AvgIpc) is 3.26. The predicted molar refractivity (Wildman–Crippen MR) is 97.5 cm³/mol. The summed E-state index contributed by atoms with van der Waals surface area (Å²) in [6.45, 7) is 5.54. The van der Waals surface area contributed by atoms with Crippen molar-refractivity contribution >= 4 is 5.91 Å². The molecule has 8 nitrogen and oxygen atoms in total. The van der Waals surface area contributed by atoms with Crippen molar-refractivity contribution in [2.45, 2.75) is 31.8 Å². The van der Waals surface area contributed by atoms with Crippen LogP contribution in [0.1, 0.15) is 24.2 Å². The molecule has 1 fully saturated rings. The van der Waals surface area contributed by atoms with Crippen molar-refractivity contribution in [1.29, 1.82) is 0 Å². The predicted octanol–water partition coefficient (Wildman–Crippen LogP) is 0.679. The summed E-state index contributed by atoms with van der Waals surface area (Å²) < 4.78 is 8.80. The van der Waals surface area contributed by atoms with E-state index in [1.165, 1.54) is 5.69 Å². The second kappa shape index (κ2) is 8.01. The fourth-order valence-electron chi connectivity index (χ4n) is 3.64. The first kappa shape index (κ1) is 18.6. The molecular weight excluding hydrogens is 332 g/mol. The highest BCUT2D eigenvalue weighted by molar-refractivity contribution is 5.84. The summed E-state index contributed by atoms with van der Waals surface area (Å²) in [5.74, 6) is 0.0225. The maximum atomic E-state index is 13.0. The van der Waals surface area contributed by atoms with Crippen molar-refractivity contribution in [2.75, 3.05) is 33.4 Å². The van der Waals surface area contributed by atoms with Crippen LogP contribution in [0.15, 0.2) is 24.5 Å². The van der Waals surface area contributed by atoms with E-state index in [0.29, 0.717) is 13.2 Å². The van der Waals surface area contributed by atoms with Crippen LogP contribution in [0.4, 0.5) is 0 Å². The minimum Gasteiger partial charge on any atom is -0.383 e. The van der Waals surface area contributed by atoms with Crippen LogP contribution < -0.4 is 5.32 Å². The summed E-state index contributed by atoms with van der Waals surface area (Å²) in [6.07, 6.45) is 5.07. The summed E-state index contributed by atoms with van der Waals surface area (Å²) >= 11 is 0. The maximum Gasteiger partial charge on any atom is 0.248 e. The fraction of sp³-hybridized carbons (Fsp3) is 0.611. The first-order valence-corrected chi connectivity index (χ1v) is 9.04. The van der Waals surface area contributed by atoms with Crippen molar-refractivity contribution in [3.8, 4) is 0 Å². The van der Waals surface area contributed by atoms with Gasteiger partial charge in [-0.25, -0.2) is 0 Å². The molecule has 26 heavy (non-hydrogen) atoms. The van der Waals surface area contributed by atoms with Gasteiger partial charge in [0.15, 0.2) is 0 Å². The van der Waals surface area contributed by atoms with Crippen LogP contribution in [-0.2, 0) is 28.7 Å². The third kappa shape index (κ3) is 3.81. The Bertz CT molecular complexity index is 716. The third-order valence-corrected chi connectivity index (χ3v) is 5.13. The Morgan fingerprint density at radius 3 is 2.73 bits per heavy atom. The summed E-state index contributed by atoms with van der Waals surface area (Å²) in [5, 5.41) is 11.8. The van der Waals surface area contributed by atoms with Gasteiger partial charge in [0.05, 0.1) is 18.0 Å². The minimum atomic E-state index is -0.629. The van der Waals surface area contributed by atoms with E-state index in [2.05, 4.69) is 26.5 Å². The molecule has 0 unspecified atom stereocenters. The minimum absolute atomic E-state index is 0.0225. The molecule has 3 heterocycles. The van der Waals surface area contributed by atoms with Crippen LogP contribution in [0.2, 0.25) is 0 Å². The van der Waals surface area contributed by atoms with Gasteiger partial charge in [-0.15, -0.1) is 0 Å². The lowest BCUT2D eigenvalue weighted by Gasteiger charge is -2.40. The van der Waals surface area contributed by atoms with E-state index in [1.54, 1.807) is 13.3 Å². The van der Waals surface area contributed by atoms with Crippen molar-refractivity contribution in [1.82, 2.24) is 29.8 Å². The largest absolute Gasteiger partial charge is 0.383 e. The standard InChI is InChI=1S/C18H28N6O2/c1-15-13-16(22(2)21-15)14-23-10-5-18(6-11-23,24-9-4-7-20-24)17(25)19-8-12-26-3/h4,7,9,13H,5-6,8,10-12,14H2,1-3H3,(H,19,25). The molecule has 0 atom stereocenters. The normalized spacial score (nSPS) is 17.3. The van der Waals surface area contributed by atoms with Crippen LogP contribution in [0.3, 0.4) is 0 Å². The summed E-state index contributed by atoms with van der Waals surface area (Å²) in [5.41, 5.74) is 1.59. The van der Waals surface area contributed by atoms with Gasteiger partial charge in [-0.05, 0) is 31.9 Å². The Morgan fingerprint density at radius 1 is 1.38 bits per heavy atom. The molecule has 2 aromatic rings. The molecule has 0 saturated carbocycles. The number of hydrogen-bond acceptors (Lipinski definition) is 5. The number of hydrogen-bond donors (Lipinski definition) is 1. The van der Waals surface area contributed by atoms with Crippen LogP contribution >= 0.6 is 0 Å². The van der Waals surface area contributed by atoms with Gasteiger partial charge in [0.1, 0.15) is 5.54 Å². The summed E-state index contributed by atoms with van der Waals surface area (Å²) in [7, 11) is 3.61. The number of carbonyl (C=O) groups is 1. The molecule has 1 saturated heterocycles. The van der Waals surface area contributed by atoms with Crippen molar-refractivity contribution in [2.24, 2.45) is 7.05 Å². The number of rotatable bonds is 7. The van der Waals surface area contributed by atoms with Gasteiger partial charge in [0, 0.05) is 52.7 Å². The molecule has 0 aliphatic carbocycles. The second-order valence-corrected chi connectivity index (χ2v) is 6.91. The lowest BCUT2D eigenvalue weighted by molar-refractivity contribution is -0.133. The average molecular weight is 360 g/mol. The highest BCUT2D eigenvalue weighted by Gasteiger charge is 2.43. The second-order valence-electron chi connectivity index (χ2n) is 6.91. The number of nitrogens with one attached hydrogen (secondary N) is 1. The smallest absolute Gasteiger partial charge is 0.248 e. The molecule has 0 spiro atoms. The van der Waals surface area contributed by atoms with Gasteiger partial charge >= 0.3 is 0 Å². The maximum absolute atomic E-state index is 13.0. The highest BCUT2D eigenvalue weighted by Crippen LogP contribution is 2.30. The number of aromatic nitrogens is 4. The lowest BCUT2D eigenvalue weighted by Crippen LogP contribution is -2.55. The molecule has 142 valence electrons. The number of likely N-dealkylation sites (tertiary alicyclic amines) is 1.